The summed E-state index contributed by atoms with van der Waals surface area (Å²) < 4.78 is 49.9. The Hall–Kier alpha value is -0.710. The van der Waals surface area contributed by atoms with Crippen LogP contribution in [0.5, 0.6) is 0 Å². The summed E-state index contributed by atoms with van der Waals surface area (Å²) in [5, 5.41) is 0. The molecule has 9 heteroatoms. The van der Waals surface area contributed by atoms with Crippen molar-refractivity contribution >= 4 is 19.9 Å². The van der Waals surface area contributed by atoms with Gasteiger partial charge >= 0.3 is 0 Å². The molecule has 2 aliphatic rings. The molecule has 176 valence electrons. The molecular formula is C22H35FN2O4S2. The van der Waals surface area contributed by atoms with Gasteiger partial charge in [-0.05, 0) is 65.3 Å². The molecule has 1 aromatic rings. The summed E-state index contributed by atoms with van der Waals surface area (Å²) in [6.07, 6.45) is 1.81. The van der Waals surface area contributed by atoms with Crippen LogP contribution in [0.25, 0.3) is 0 Å². The monoisotopic (exact) mass is 474 g/mol. The zero-order chi connectivity index (χ0) is 22.6. The van der Waals surface area contributed by atoms with E-state index < -0.39 is 15.0 Å². The first kappa shape index (κ1) is 24.9. The van der Waals surface area contributed by atoms with E-state index in [1.807, 2.05) is 25.9 Å². The average molecular weight is 475 g/mol. The number of alkyl halides is 1. The molecule has 0 aromatic heterocycles. The molecule has 0 amide bonds. The molecule has 2 heterocycles. The molecule has 2 aliphatic heterocycles. The topological polar surface area (TPSA) is 59.1 Å². The van der Waals surface area contributed by atoms with Gasteiger partial charge in [0.15, 0.2) is 0 Å². The third-order valence-electron chi connectivity index (χ3n) is 6.36. The minimum Gasteiger partial charge on any atom is -0.377 e. The fourth-order valence-corrected chi connectivity index (χ4v) is 6.50. The maximum absolute atomic E-state index is 13.5. The molecule has 0 saturated carbocycles. The predicted octanol–water partition coefficient (Wildman–Crippen LogP) is 3.51. The molecule has 3 rings (SSSR count). The number of hydrogen-bond acceptors (Lipinski definition) is 7. The van der Waals surface area contributed by atoms with Crippen LogP contribution in [0.2, 0.25) is 0 Å². The molecule has 31 heavy (non-hydrogen) atoms. The maximum atomic E-state index is 13.5. The van der Waals surface area contributed by atoms with Crippen LogP contribution in [0.4, 0.5) is 4.39 Å². The lowest BCUT2D eigenvalue weighted by Crippen LogP contribution is -2.31. The second kappa shape index (κ2) is 10.9. The Morgan fingerprint density at radius 2 is 1.74 bits per heavy atom. The number of likely N-dealkylation sites (tertiary alicyclic amines) is 2. The Morgan fingerprint density at radius 3 is 2.39 bits per heavy atom. The van der Waals surface area contributed by atoms with Gasteiger partial charge in [0.1, 0.15) is 17.2 Å². The molecular weight excluding hydrogens is 439 g/mol. The van der Waals surface area contributed by atoms with Crippen molar-refractivity contribution in [2.45, 2.75) is 62.4 Å². The van der Waals surface area contributed by atoms with Crippen molar-refractivity contribution in [3.8, 4) is 0 Å². The quantitative estimate of drug-likeness (QED) is 0.380. The van der Waals surface area contributed by atoms with E-state index in [0.717, 1.165) is 24.9 Å². The number of benzene rings is 1. The van der Waals surface area contributed by atoms with E-state index in [1.54, 1.807) is 24.3 Å². The van der Waals surface area contributed by atoms with Crippen molar-refractivity contribution in [2.24, 2.45) is 5.92 Å². The van der Waals surface area contributed by atoms with Gasteiger partial charge in [-0.2, -0.15) is 0 Å². The summed E-state index contributed by atoms with van der Waals surface area (Å²) in [6, 6.07) is 7.14. The summed E-state index contributed by atoms with van der Waals surface area (Å²) in [5.41, 5.74) is 1.02. The Kier molecular flexibility index (Phi) is 8.80. The normalized spacial score (nSPS) is 28.9. The van der Waals surface area contributed by atoms with Crippen LogP contribution in [0.15, 0.2) is 29.2 Å². The third kappa shape index (κ3) is 7.14. The Bertz CT molecular complexity index is 808. The first-order valence-corrected chi connectivity index (χ1v) is 13.7. The lowest BCUT2D eigenvalue weighted by molar-refractivity contribution is 0.0206. The highest BCUT2D eigenvalue weighted by molar-refractivity contribution is 8.70. The first-order valence-electron chi connectivity index (χ1n) is 10.9. The summed E-state index contributed by atoms with van der Waals surface area (Å²) >= 11 is 0.550. The summed E-state index contributed by atoms with van der Waals surface area (Å²) in [4.78, 5) is 4.53. The van der Waals surface area contributed by atoms with E-state index in [0.29, 0.717) is 43.2 Å². The summed E-state index contributed by atoms with van der Waals surface area (Å²) in [7, 11) is 0.482. The van der Waals surface area contributed by atoms with Gasteiger partial charge in [0.25, 0.3) is 8.87 Å². The van der Waals surface area contributed by atoms with E-state index in [2.05, 4.69) is 11.8 Å². The van der Waals surface area contributed by atoms with Gasteiger partial charge in [0.05, 0.1) is 24.2 Å². The zero-order valence-corrected chi connectivity index (χ0v) is 20.5. The first-order chi connectivity index (χ1) is 14.6. The summed E-state index contributed by atoms with van der Waals surface area (Å²) in [6.45, 7) is 6.37. The SMILES string of the molecule is Cc1ccc(S(=O)(=O)SOC[C@@H]2CC(CC(C)OC[C@@H]3C[C@@H](F)CN3C)CN2C)cc1. The molecule has 1 aromatic carbocycles. The summed E-state index contributed by atoms with van der Waals surface area (Å²) in [5.74, 6) is 0.475. The minimum atomic E-state index is -3.52. The van der Waals surface area contributed by atoms with Crippen molar-refractivity contribution < 1.29 is 21.7 Å². The number of nitrogens with zero attached hydrogens (tertiary/aromatic N) is 2. The van der Waals surface area contributed by atoms with Crippen molar-refractivity contribution in [2.75, 3.05) is 40.4 Å². The van der Waals surface area contributed by atoms with Gasteiger partial charge in [0, 0.05) is 25.2 Å². The van der Waals surface area contributed by atoms with Gasteiger partial charge in [-0.25, -0.2) is 12.8 Å². The Labute approximate surface area is 190 Å². The largest absolute Gasteiger partial charge is 0.377 e. The molecule has 0 N–H and O–H groups in total. The molecule has 0 bridgehead atoms. The van der Waals surface area contributed by atoms with Crippen molar-refractivity contribution in [1.29, 1.82) is 0 Å². The lowest BCUT2D eigenvalue weighted by Gasteiger charge is -2.23. The minimum absolute atomic E-state index is 0.112. The molecule has 2 fully saturated rings. The number of rotatable bonds is 10. The number of ether oxygens (including phenoxy) is 1. The van der Waals surface area contributed by atoms with Crippen LogP contribution in [-0.4, -0.2) is 83.0 Å². The molecule has 2 unspecified atom stereocenters. The molecule has 6 nitrogen and oxygen atoms in total. The van der Waals surface area contributed by atoms with E-state index in [9.17, 15) is 12.8 Å². The third-order valence-corrected chi connectivity index (χ3v) is 9.02. The van der Waals surface area contributed by atoms with Gasteiger partial charge in [-0.3, -0.25) is 9.08 Å². The molecule has 0 radical (unpaired) electrons. The van der Waals surface area contributed by atoms with Crippen molar-refractivity contribution in [3.63, 3.8) is 0 Å². The van der Waals surface area contributed by atoms with Crippen LogP contribution in [-0.2, 0) is 17.8 Å². The lowest BCUT2D eigenvalue weighted by atomic mass is 9.99. The van der Waals surface area contributed by atoms with Crippen LogP contribution in [0.3, 0.4) is 0 Å². The second-order valence-corrected chi connectivity index (χ2v) is 12.6. The van der Waals surface area contributed by atoms with E-state index in [1.165, 1.54) is 0 Å². The van der Waals surface area contributed by atoms with Gasteiger partial charge in [-0.15, -0.1) is 0 Å². The predicted molar refractivity (Wildman–Crippen MR) is 122 cm³/mol. The van der Waals surface area contributed by atoms with Crippen LogP contribution >= 0.6 is 11.1 Å². The van der Waals surface area contributed by atoms with Gasteiger partial charge < -0.3 is 9.64 Å². The number of hydrogen-bond donors (Lipinski definition) is 0. The van der Waals surface area contributed by atoms with Crippen LogP contribution in [0, 0.1) is 12.8 Å². The van der Waals surface area contributed by atoms with Crippen molar-refractivity contribution in [1.82, 2.24) is 9.80 Å². The van der Waals surface area contributed by atoms with Gasteiger partial charge in [-0.1, -0.05) is 17.7 Å². The maximum Gasteiger partial charge on any atom is 0.255 e. The standard InChI is InChI=1S/C22H35FN2O4S2/c1-16-5-7-22(8-6-16)31(26,27)30-29-15-20-10-18(12-24(20)3)9-17(2)28-14-21-11-19(23)13-25(21)4/h5-8,17-21H,9-15H2,1-4H3/t17?,18?,19-,20+,21+/m1/s1. The van der Waals surface area contributed by atoms with Gasteiger partial charge in [0.2, 0.25) is 0 Å². The Balaban J connectivity index is 1.38. The highest BCUT2D eigenvalue weighted by Crippen LogP contribution is 2.30. The van der Waals surface area contributed by atoms with Crippen molar-refractivity contribution in [3.05, 3.63) is 29.8 Å². The van der Waals surface area contributed by atoms with E-state index in [4.69, 9.17) is 8.92 Å². The molecule has 0 aliphatic carbocycles. The fourth-order valence-electron chi connectivity index (χ4n) is 4.49. The van der Waals surface area contributed by atoms with Crippen LogP contribution in [0.1, 0.15) is 31.7 Å². The molecule has 0 spiro atoms. The van der Waals surface area contributed by atoms with Crippen LogP contribution < -0.4 is 0 Å². The molecule has 2 saturated heterocycles. The highest BCUT2D eigenvalue weighted by atomic mass is 33.1. The number of halogens is 1. The number of likely N-dealkylation sites (N-methyl/N-ethyl adjacent to an activating group) is 2. The average Bonchev–Trinajstić information content (AvgIpc) is 3.20. The molecule has 5 atom stereocenters. The number of aryl methyl sites for hydroxylation is 1. The highest BCUT2D eigenvalue weighted by Gasteiger charge is 2.33. The van der Waals surface area contributed by atoms with E-state index in [-0.39, 0.29) is 23.1 Å². The Morgan fingerprint density at radius 1 is 1.10 bits per heavy atom. The fraction of sp³-hybridized carbons (Fsp3) is 0.727. The second-order valence-electron chi connectivity index (χ2n) is 9.12. The smallest absolute Gasteiger partial charge is 0.255 e. The zero-order valence-electron chi connectivity index (χ0n) is 18.9. The van der Waals surface area contributed by atoms with E-state index >= 15 is 0 Å².